The van der Waals surface area contributed by atoms with Gasteiger partial charge in [0.1, 0.15) is 17.3 Å². The molecule has 1 atom stereocenters. The first-order valence-corrected chi connectivity index (χ1v) is 8.32. The van der Waals surface area contributed by atoms with Crippen LogP contribution < -0.4 is 10.6 Å². The number of thioether (sulfide) groups is 1. The number of carbonyl (C=O) groups excluding carboxylic acids is 1. The van der Waals surface area contributed by atoms with E-state index in [0.29, 0.717) is 18.3 Å². The lowest BCUT2D eigenvalue weighted by atomic mass is 10.1. The molecule has 0 aliphatic rings. The summed E-state index contributed by atoms with van der Waals surface area (Å²) < 4.78 is 27.6. The fraction of sp³-hybridized carbons (Fsp3) is 0.533. The minimum Gasteiger partial charge on any atom is -0.380 e. The Kier molecular flexibility index (Phi) is 7.50. The van der Waals surface area contributed by atoms with Gasteiger partial charge in [-0.25, -0.2) is 8.78 Å². The molecule has 1 aromatic carbocycles. The van der Waals surface area contributed by atoms with Crippen molar-refractivity contribution in [3.05, 3.63) is 29.3 Å². The number of rotatable bonds is 8. The van der Waals surface area contributed by atoms with Crippen LogP contribution in [0.15, 0.2) is 12.1 Å². The molecule has 0 fully saturated rings. The summed E-state index contributed by atoms with van der Waals surface area (Å²) in [5, 5.41) is 5.78. The maximum Gasteiger partial charge on any atom is 0.251 e. The molecule has 6 heteroatoms. The standard InChI is InChI=1S/C15H22F2N2OS/c1-4-6-18-14-12(16)8-11(9-13(14)17)15(20)19-7-5-10(2)21-3/h8-10,18H,4-7H2,1-3H3,(H,19,20). The molecule has 0 spiro atoms. The zero-order valence-electron chi connectivity index (χ0n) is 12.6. The number of benzene rings is 1. The Morgan fingerprint density at radius 1 is 1.29 bits per heavy atom. The molecule has 1 aromatic rings. The third-order valence-electron chi connectivity index (χ3n) is 3.09. The summed E-state index contributed by atoms with van der Waals surface area (Å²) in [6, 6.07) is 2.13. The predicted octanol–water partition coefficient (Wildman–Crippen LogP) is 3.66. The van der Waals surface area contributed by atoms with Crippen molar-refractivity contribution in [1.82, 2.24) is 5.32 Å². The number of anilines is 1. The van der Waals surface area contributed by atoms with E-state index >= 15 is 0 Å². The maximum absolute atomic E-state index is 13.8. The molecule has 2 N–H and O–H groups in total. The molecule has 0 aliphatic carbocycles. The van der Waals surface area contributed by atoms with Crippen molar-refractivity contribution in [1.29, 1.82) is 0 Å². The summed E-state index contributed by atoms with van der Waals surface area (Å²) in [6.07, 6.45) is 3.57. The van der Waals surface area contributed by atoms with Crippen LogP contribution in [-0.2, 0) is 0 Å². The first-order chi connectivity index (χ1) is 9.99. The number of halogens is 2. The van der Waals surface area contributed by atoms with Crippen LogP contribution in [0.2, 0.25) is 0 Å². The third-order valence-corrected chi connectivity index (χ3v) is 4.14. The number of hydrogen-bond donors (Lipinski definition) is 2. The summed E-state index contributed by atoms with van der Waals surface area (Å²) in [5.74, 6) is -1.94. The highest BCUT2D eigenvalue weighted by atomic mass is 32.2. The molecule has 0 bridgehead atoms. The van der Waals surface area contributed by atoms with Gasteiger partial charge in [-0.2, -0.15) is 11.8 Å². The molecule has 0 heterocycles. The molecule has 1 amide bonds. The Morgan fingerprint density at radius 3 is 2.43 bits per heavy atom. The van der Waals surface area contributed by atoms with E-state index < -0.39 is 17.5 Å². The van der Waals surface area contributed by atoms with E-state index in [4.69, 9.17) is 0 Å². The average Bonchev–Trinajstić information content (AvgIpc) is 2.45. The Hall–Kier alpha value is -1.30. The zero-order chi connectivity index (χ0) is 15.8. The van der Waals surface area contributed by atoms with Crippen LogP contribution in [0.3, 0.4) is 0 Å². The van der Waals surface area contributed by atoms with Crippen molar-refractivity contribution in [2.24, 2.45) is 0 Å². The SMILES string of the molecule is CCCNc1c(F)cc(C(=O)NCCC(C)SC)cc1F. The quantitative estimate of drug-likeness (QED) is 0.769. The predicted molar refractivity (Wildman–Crippen MR) is 85.1 cm³/mol. The minimum absolute atomic E-state index is 0.00357. The lowest BCUT2D eigenvalue weighted by molar-refractivity contribution is 0.0952. The Morgan fingerprint density at radius 2 is 1.90 bits per heavy atom. The highest BCUT2D eigenvalue weighted by Gasteiger charge is 2.14. The van der Waals surface area contributed by atoms with Gasteiger partial charge in [-0.15, -0.1) is 0 Å². The lowest BCUT2D eigenvalue weighted by Crippen LogP contribution is -2.26. The zero-order valence-corrected chi connectivity index (χ0v) is 13.4. The van der Waals surface area contributed by atoms with Gasteiger partial charge in [-0.3, -0.25) is 4.79 Å². The summed E-state index contributed by atoms with van der Waals surface area (Å²) in [6.45, 7) is 4.93. The third kappa shape index (κ3) is 5.53. The molecule has 0 radical (unpaired) electrons. The molecular weight excluding hydrogens is 294 g/mol. The molecule has 0 saturated carbocycles. The van der Waals surface area contributed by atoms with Crippen LogP contribution in [0, 0.1) is 11.6 Å². The Balaban J connectivity index is 2.69. The molecule has 3 nitrogen and oxygen atoms in total. The summed E-state index contributed by atoms with van der Waals surface area (Å²) in [7, 11) is 0. The van der Waals surface area contributed by atoms with Crippen LogP contribution >= 0.6 is 11.8 Å². The highest BCUT2D eigenvalue weighted by Crippen LogP contribution is 2.21. The molecule has 0 saturated heterocycles. The van der Waals surface area contributed by atoms with Crippen molar-refractivity contribution in [2.75, 3.05) is 24.7 Å². The van der Waals surface area contributed by atoms with E-state index in [1.165, 1.54) is 0 Å². The lowest BCUT2D eigenvalue weighted by Gasteiger charge is -2.11. The summed E-state index contributed by atoms with van der Waals surface area (Å²) in [5.41, 5.74) is -0.173. The van der Waals surface area contributed by atoms with Crippen molar-refractivity contribution < 1.29 is 13.6 Å². The van der Waals surface area contributed by atoms with Gasteiger partial charge in [0.15, 0.2) is 0 Å². The van der Waals surface area contributed by atoms with E-state index in [0.717, 1.165) is 25.0 Å². The Labute approximate surface area is 128 Å². The van der Waals surface area contributed by atoms with Crippen LogP contribution in [0.25, 0.3) is 0 Å². The fourth-order valence-electron chi connectivity index (χ4n) is 1.73. The molecular formula is C15H22F2N2OS. The van der Waals surface area contributed by atoms with Gasteiger partial charge in [0.25, 0.3) is 5.91 Å². The molecule has 0 aromatic heterocycles. The summed E-state index contributed by atoms with van der Waals surface area (Å²) in [4.78, 5) is 11.9. The number of hydrogen-bond acceptors (Lipinski definition) is 3. The highest BCUT2D eigenvalue weighted by molar-refractivity contribution is 7.99. The second-order valence-corrected chi connectivity index (χ2v) is 6.11. The largest absolute Gasteiger partial charge is 0.380 e. The summed E-state index contributed by atoms with van der Waals surface area (Å²) >= 11 is 1.71. The maximum atomic E-state index is 13.8. The van der Waals surface area contributed by atoms with Gasteiger partial charge in [0.2, 0.25) is 0 Å². The average molecular weight is 316 g/mol. The number of nitrogens with one attached hydrogen (secondary N) is 2. The van der Waals surface area contributed by atoms with Crippen LogP contribution in [-0.4, -0.2) is 30.5 Å². The van der Waals surface area contributed by atoms with E-state index in [1.807, 2.05) is 13.2 Å². The number of carbonyl (C=O) groups is 1. The van der Waals surface area contributed by atoms with Crippen LogP contribution in [0.4, 0.5) is 14.5 Å². The second-order valence-electron chi connectivity index (χ2n) is 4.83. The molecule has 0 aliphatic heterocycles. The molecule has 118 valence electrons. The number of amides is 1. The van der Waals surface area contributed by atoms with E-state index in [2.05, 4.69) is 17.6 Å². The van der Waals surface area contributed by atoms with Crippen molar-refractivity contribution in [2.45, 2.75) is 31.9 Å². The monoisotopic (exact) mass is 316 g/mol. The first-order valence-electron chi connectivity index (χ1n) is 7.03. The Bertz CT molecular complexity index is 460. The topological polar surface area (TPSA) is 41.1 Å². The van der Waals surface area contributed by atoms with Gasteiger partial charge in [-0.1, -0.05) is 13.8 Å². The van der Waals surface area contributed by atoms with Gasteiger partial charge in [0.05, 0.1) is 0 Å². The van der Waals surface area contributed by atoms with E-state index in [1.54, 1.807) is 11.8 Å². The van der Waals surface area contributed by atoms with Gasteiger partial charge < -0.3 is 10.6 Å². The first kappa shape index (κ1) is 17.8. The van der Waals surface area contributed by atoms with Crippen LogP contribution in [0.5, 0.6) is 0 Å². The van der Waals surface area contributed by atoms with E-state index in [9.17, 15) is 13.6 Å². The molecule has 1 unspecified atom stereocenters. The second kappa shape index (κ2) is 8.87. The fourth-order valence-corrected chi connectivity index (χ4v) is 2.09. The van der Waals surface area contributed by atoms with Gasteiger partial charge >= 0.3 is 0 Å². The normalized spacial score (nSPS) is 12.0. The molecule has 21 heavy (non-hydrogen) atoms. The van der Waals surface area contributed by atoms with Gasteiger partial charge in [-0.05, 0) is 31.2 Å². The van der Waals surface area contributed by atoms with E-state index in [-0.39, 0.29) is 11.3 Å². The smallest absolute Gasteiger partial charge is 0.251 e. The molecule has 1 rings (SSSR count). The van der Waals surface area contributed by atoms with Crippen molar-refractivity contribution in [3.8, 4) is 0 Å². The minimum atomic E-state index is -0.744. The van der Waals surface area contributed by atoms with Crippen LogP contribution in [0.1, 0.15) is 37.0 Å². The van der Waals surface area contributed by atoms with Crippen molar-refractivity contribution in [3.63, 3.8) is 0 Å². The van der Waals surface area contributed by atoms with Crippen molar-refractivity contribution >= 4 is 23.4 Å². The van der Waals surface area contributed by atoms with Gasteiger partial charge in [0, 0.05) is 23.9 Å².